The lowest BCUT2D eigenvalue weighted by Gasteiger charge is -2.30. The third-order valence-electron chi connectivity index (χ3n) is 3.36. The van der Waals surface area contributed by atoms with Crippen LogP contribution in [0.4, 0.5) is 0 Å². The Morgan fingerprint density at radius 1 is 1.60 bits per heavy atom. The topological polar surface area (TPSA) is 29.5 Å². The van der Waals surface area contributed by atoms with Crippen LogP contribution >= 0.6 is 0 Å². The van der Waals surface area contributed by atoms with E-state index < -0.39 is 0 Å². The van der Waals surface area contributed by atoms with Gasteiger partial charge in [-0.3, -0.25) is 0 Å². The molecule has 0 aromatic heterocycles. The fourth-order valence-electron chi connectivity index (χ4n) is 1.82. The highest BCUT2D eigenvalue weighted by atomic mass is 16.5. The second-order valence-corrected chi connectivity index (χ2v) is 4.16. The quantitative estimate of drug-likeness (QED) is 0.713. The van der Waals surface area contributed by atoms with E-state index in [1.807, 2.05) is 12.2 Å². The fraction of sp³-hybridized carbons (Fsp3) is 0.538. The number of allylic oxidation sites excluding steroid dienone is 4. The molecular weight excluding hydrogens is 188 g/mol. The molecule has 0 radical (unpaired) electrons. The normalized spacial score (nSPS) is 20.6. The molecule has 0 aromatic carbocycles. The van der Waals surface area contributed by atoms with Crippen molar-refractivity contribution in [2.75, 3.05) is 7.11 Å². The lowest BCUT2D eigenvalue weighted by molar-refractivity contribution is 0.253. The van der Waals surface area contributed by atoms with Gasteiger partial charge in [0, 0.05) is 11.8 Å². The molecule has 1 rings (SSSR count). The number of methoxy groups -OCH3 is 1. The van der Waals surface area contributed by atoms with Gasteiger partial charge in [0.2, 0.25) is 0 Å². The minimum atomic E-state index is 0.0183. The maximum absolute atomic E-state index is 9.58. The monoisotopic (exact) mass is 208 g/mol. The van der Waals surface area contributed by atoms with E-state index in [-0.39, 0.29) is 5.41 Å². The Bertz CT molecular complexity index is 312. The average molecular weight is 208 g/mol. The van der Waals surface area contributed by atoms with E-state index >= 15 is 0 Å². The second kappa shape index (κ2) is 4.56. The molecule has 1 aliphatic carbocycles. The SMILES string of the molecule is C=CC(C)(CC)C1=CC(OC)=C(O)CC1. The van der Waals surface area contributed by atoms with Crippen LogP contribution < -0.4 is 0 Å². The molecule has 0 bridgehead atoms. The zero-order chi connectivity index (χ0) is 11.5. The predicted molar refractivity (Wildman–Crippen MR) is 62.6 cm³/mol. The van der Waals surface area contributed by atoms with E-state index in [2.05, 4.69) is 20.4 Å². The molecule has 0 saturated carbocycles. The summed E-state index contributed by atoms with van der Waals surface area (Å²) in [7, 11) is 1.59. The van der Waals surface area contributed by atoms with Crippen LogP contribution in [0.5, 0.6) is 0 Å². The summed E-state index contributed by atoms with van der Waals surface area (Å²) in [5.41, 5.74) is 1.31. The van der Waals surface area contributed by atoms with Crippen molar-refractivity contribution in [2.24, 2.45) is 5.41 Å². The zero-order valence-corrected chi connectivity index (χ0v) is 9.84. The lowest BCUT2D eigenvalue weighted by Crippen LogP contribution is -2.18. The van der Waals surface area contributed by atoms with Gasteiger partial charge in [0.25, 0.3) is 0 Å². The minimum absolute atomic E-state index is 0.0183. The van der Waals surface area contributed by atoms with Gasteiger partial charge in [-0.2, -0.15) is 0 Å². The summed E-state index contributed by atoms with van der Waals surface area (Å²) >= 11 is 0. The molecule has 0 saturated heterocycles. The smallest absolute Gasteiger partial charge is 0.156 e. The first-order chi connectivity index (χ1) is 7.07. The third kappa shape index (κ3) is 2.25. The summed E-state index contributed by atoms with van der Waals surface area (Å²) in [5.74, 6) is 0.946. The molecule has 84 valence electrons. The molecule has 0 aliphatic heterocycles. The number of aliphatic hydroxyl groups excluding tert-OH is 1. The predicted octanol–water partition coefficient (Wildman–Crippen LogP) is 3.72. The van der Waals surface area contributed by atoms with Crippen LogP contribution in [0.2, 0.25) is 0 Å². The lowest BCUT2D eigenvalue weighted by atomic mass is 9.76. The Labute approximate surface area is 92.0 Å². The van der Waals surface area contributed by atoms with Gasteiger partial charge in [-0.25, -0.2) is 0 Å². The van der Waals surface area contributed by atoms with Crippen molar-refractivity contribution in [2.45, 2.75) is 33.1 Å². The number of ether oxygens (including phenoxy) is 1. The molecule has 0 heterocycles. The summed E-state index contributed by atoms with van der Waals surface area (Å²) in [4.78, 5) is 0. The maximum atomic E-state index is 9.58. The molecule has 1 unspecified atom stereocenters. The van der Waals surface area contributed by atoms with Gasteiger partial charge in [-0.1, -0.05) is 25.5 Å². The van der Waals surface area contributed by atoms with Crippen LogP contribution in [-0.4, -0.2) is 12.2 Å². The maximum Gasteiger partial charge on any atom is 0.156 e. The highest BCUT2D eigenvalue weighted by Gasteiger charge is 2.26. The van der Waals surface area contributed by atoms with Crippen LogP contribution in [-0.2, 0) is 4.74 Å². The van der Waals surface area contributed by atoms with Crippen LogP contribution in [0.15, 0.2) is 35.8 Å². The van der Waals surface area contributed by atoms with Gasteiger partial charge in [-0.15, -0.1) is 6.58 Å². The Hall–Kier alpha value is -1.18. The molecule has 1 atom stereocenters. The van der Waals surface area contributed by atoms with Gasteiger partial charge >= 0.3 is 0 Å². The summed E-state index contributed by atoms with van der Waals surface area (Å²) < 4.78 is 5.14. The van der Waals surface area contributed by atoms with E-state index in [0.717, 1.165) is 12.8 Å². The van der Waals surface area contributed by atoms with Crippen LogP contribution in [0.3, 0.4) is 0 Å². The third-order valence-corrected chi connectivity index (χ3v) is 3.36. The Kier molecular flexibility index (Phi) is 3.61. The van der Waals surface area contributed by atoms with Gasteiger partial charge in [0.1, 0.15) is 5.76 Å². The average Bonchev–Trinajstić information content (AvgIpc) is 2.28. The van der Waals surface area contributed by atoms with Crippen LogP contribution in [0, 0.1) is 5.41 Å². The Morgan fingerprint density at radius 3 is 2.73 bits per heavy atom. The Balaban J connectivity index is 3.03. The number of rotatable bonds is 4. The number of aliphatic hydroxyl groups is 1. The van der Waals surface area contributed by atoms with Gasteiger partial charge in [0.05, 0.1) is 7.11 Å². The summed E-state index contributed by atoms with van der Waals surface area (Å²) in [5, 5.41) is 9.58. The summed E-state index contributed by atoms with van der Waals surface area (Å²) in [6.07, 6.45) is 6.49. The molecule has 2 heteroatoms. The van der Waals surface area contributed by atoms with Crippen LogP contribution in [0.25, 0.3) is 0 Å². The summed E-state index contributed by atoms with van der Waals surface area (Å²) in [6.45, 7) is 8.20. The first kappa shape index (κ1) is 11.9. The van der Waals surface area contributed by atoms with Gasteiger partial charge in [-0.05, 0) is 18.9 Å². The van der Waals surface area contributed by atoms with Gasteiger partial charge < -0.3 is 9.84 Å². The van der Waals surface area contributed by atoms with E-state index in [0.29, 0.717) is 17.9 Å². The van der Waals surface area contributed by atoms with Gasteiger partial charge in [0.15, 0.2) is 5.76 Å². The van der Waals surface area contributed by atoms with E-state index in [1.165, 1.54) is 5.57 Å². The zero-order valence-electron chi connectivity index (χ0n) is 9.84. The van der Waals surface area contributed by atoms with Crippen molar-refractivity contribution in [3.8, 4) is 0 Å². The van der Waals surface area contributed by atoms with Crippen LogP contribution in [0.1, 0.15) is 33.1 Å². The van der Waals surface area contributed by atoms with E-state index in [9.17, 15) is 5.11 Å². The van der Waals surface area contributed by atoms with E-state index in [1.54, 1.807) is 7.11 Å². The largest absolute Gasteiger partial charge is 0.508 e. The molecule has 15 heavy (non-hydrogen) atoms. The molecular formula is C13H20O2. The van der Waals surface area contributed by atoms with Crippen molar-refractivity contribution in [3.63, 3.8) is 0 Å². The molecule has 2 nitrogen and oxygen atoms in total. The molecule has 0 spiro atoms. The van der Waals surface area contributed by atoms with Crippen molar-refractivity contribution in [1.29, 1.82) is 0 Å². The number of hydrogen-bond acceptors (Lipinski definition) is 2. The van der Waals surface area contributed by atoms with E-state index in [4.69, 9.17) is 4.74 Å². The van der Waals surface area contributed by atoms with Crippen molar-refractivity contribution in [3.05, 3.63) is 35.8 Å². The highest BCUT2D eigenvalue weighted by Crippen LogP contribution is 2.38. The molecule has 0 aromatic rings. The minimum Gasteiger partial charge on any atom is -0.508 e. The van der Waals surface area contributed by atoms with Crippen molar-refractivity contribution in [1.82, 2.24) is 0 Å². The Morgan fingerprint density at radius 2 is 2.27 bits per heavy atom. The molecule has 1 aliphatic rings. The molecule has 0 amide bonds. The number of hydrogen-bond donors (Lipinski definition) is 1. The molecule has 0 fully saturated rings. The highest BCUT2D eigenvalue weighted by molar-refractivity contribution is 5.32. The first-order valence-corrected chi connectivity index (χ1v) is 5.38. The van der Waals surface area contributed by atoms with Crippen molar-refractivity contribution < 1.29 is 9.84 Å². The fourth-order valence-corrected chi connectivity index (χ4v) is 1.82. The first-order valence-electron chi connectivity index (χ1n) is 5.38. The molecule has 1 N–H and O–H groups in total. The van der Waals surface area contributed by atoms with Crippen molar-refractivity contribution >= 4 is 0 Å². The summed E-state index contributed by atoms with van der Waals surface area (Å²) in [6, 6.07) is 0. The standard InChI is InChI=1S/C13H20O2/c1-5-13(3,6-2)10-7-8-11(14)12(9-10)15-4/h5,9,14H,1,6-8H2,2-4H3. The second-order valence-electron chi connectivity index (χ2n) is 4.16.